The molecule has 134 valence electrons. The number of nitrogens with zero attached hydrogens (tertiary/aromatic N) is 4. The van der Waals surface area contributed by atoms with Crippen LogP contribution in [0.5, 0.6) is 0 Å². The molecule has 1 heterocycles. The van der Waals surface area contributed by atoms with E-state index in [1.807, 2.05) is 6.92 Å². The largest absolute Gasteiger partial charge is 0.372 e. The van der Waals surface area contributed by atoms with Crippen molar-refractivity contribution in [2.24, 2.45) is 0 Å². The molecular weight excluding hydrogens is 314 g/mol. The van der Waals surface area contributed by atoms with E-state index in [1.54, 1.807) is 11.0 Å². The molecule has 1 aromatic carbocycles. The number of rotatable bonds is 6. The highest BCUT2D eigenvalue weighted by Crippen LogP contribution is 2.26. The Balaban J connectivity index is 1.53. The van der Waals surface area contributed by atoms with E-state index in [1.165, 1.54) is 44.1 Å². The van der Waals surface area contributed by atoms with Crippen LogP contribution < -0.4 is 10.2 Å². The molecule has 1 saturated carbocycles. The lowest BCUT2D eigenvalue weighted by Crippen LogP contribution is -2.33. The number of hydrogen-bond donors (Lipinski definition) is 1. The highest BCUT2D eigenvalue weighted by molar-refractivity contribution is 5.79. The van der Waals surface area contributed by atoms with Gasteiger partial charge in [0.25, 0.3) is 0 Å². The predicted molar refractivity (Wildman–Crippen MR) is 98.3 cm³/mol. The number of anilines is 1. The van der Waals surface area contributed by atoms with Gasteiger partial charge in [0.05, 0.1) is 0 Å². The Morgan fingerprint density at radius 1 is 1.28 bits per heavy atom. The van der Waals surface area contributed by atoms with Gasteiger partial charge < -0.3 is 10.2 Å². The summed E-state index contributed by atoms with van der Waals surface area (Å²) in [6.07, 6.45) is 9.61. The molecule has 0 saturated heterocycles. The second-order valence-corrected chi connectivity index (χ2v) is 6.84. The number of nitrogens with one attached hydrogen (secondary N) is 1. The molecule has 1 N–H and O–H groups in total. The third-order valence-electron chi connectivity index (χ3n) is 5.15. The van der Waals surface area contributed by atoms with Crippen LogP contribution in [0.3, 0.4) is 0 Å². The van der Waals surface area contributed by atoms with Crippen LogP contribution in [0.1, 0.15) is 50.6 Å². The molecule has 0 radical (unpaired) electrons. The van der Waals surface area contributed by atoms with Crippen molar-refractivity contribution in [3.05, 3.63) is 42.5 Å². The zero-order valence-electron chi connectivity index (χ0n) is 15.1. The first-order valence-electron chi connectivity index (χ1n) is 9.09. The minimum atomic E-state index is -0.362. The molecule has 0 unspecified atom stereocenters. The van der Waals surface area contributed by atoms with Crippen molar-refractivity contribution in [1.82, 2.24) is 20.1 Å². The Kier molecular flexibility index (Phi) is 5.68. The van der Waals surface area contributed by atoms with Crippen LogP contribution in [0.15, 0.2) is 36.9 Å². The molecule has 0 aliphatic heterocycles. The number of hydrogen-bond acceptors (Lipinski definition) is 4. The summed E-state index contributed by atoms with van der Waals surface area (Å²) in [5.41, 5.74) is 2.35. The third kappa shape index (κ3) is 4.38. The summed E-state index contributed by atoms with van der Waals surface area (Å²) < 4.78 is 1.55. The van der Waals surface area contributed by atoms with E-state index >= 15 is 0 Å². The third-order valence-corrected chi connectivity index (χ3v) is 5.15. The van der Waals surface area contributed by atoms with Crippen molar-refractivity contribution in [3.63, 3.8) is 0 Å². The van der Waals surface area contributed by atoms with Crippen LogP contribution >= 0.6 is 0 Å². The predicted octanol–water partition coefficient (Wildman–Crippen LogP) is 2.92. The summed E-state index contributed by atoms with van der Waals surface area (Å²) in [4.78, 5) is 18.5. The molecule has 1 atom stereocenters. The second kappa shape index (κ2) is 8.14. The Morgan fingerprint density at radius 2 is 2.00 bits per heavy atom. The minimum absolute atomic E-state index is 0.0612. The Hall–Kier alpha value is -2.37. The average molecular weight is 341 g/mol. The molecule has 1 aromatic heterocycles. The maximum Gasteiger partial charge on any atom is 0.244 e. The van der Waals surface area contributed by atoms with Crippen LogP contribution in [0.4, 0.5) is 5.69 Å². The number of benzene rings is 1. The summed E-state index contributed by atoms with van der Waals surface area (Å²) in [5, 5.41) is 6.96. The smallest absolute Gasteiger partial charge is 0.244 e. The summed E-state index contributed by atoms with van der Waals surface area (Å²) in [6, 6.07) is 8.78. The van der Waals surface area contributed by atoms with Gasteiger partial charge in [0.2, 0.25) is 5.91 Å². The lowest BCUT2D eigenvalue weighted by molar-refractivity contribution is -0.124. The van der Waals surface area contributed by atoms with E-state index in [2.05, 4.69) is 51.6 Å². The molecule has 0 bridgehead atoms. The van der Waals surface area contributed by atoms with E-state index in [9.17, 15) is 4.79 Å². The maximum atomic E-state index is 12.2. The molecule has 25 heavy (non-hydrogen) atoms. The van der Waals surface area contributed by atoms with Crippen LogP contribution in [0, 0.1) is 0 Å². The zero-order valence-corrected chi connectivity index (χ0v) is 15.1. The first-order valence-corrected chi connectivity index (χ1v) is 9.09. The average Bonchev–Trinajstić information content (AvgIpc) is 3.21. The molecule has 6 heteroatoms. The Bertz CT molecular complexity index is 662. The van der Waals surface area contributed by atoms with E-state index in [4.69, 9.17) is 0 Å². The summed E-state index contributed by atoms with van der Waals surface area (Å²) in [7, 11) is 2.19. The lowest BCUT2D eigenvalue weighted by atomic mass is 9.94. The van der Waals surface area contributed by atoms with E-state index in [0.717, 1.165) is 5.56 Å². The number of amides is 1. The molecule has 1 aliphatic rings. The van der Waals surface area contributed by atoms with Crippen molar-refractivity contribution in [1.29, 1.82) is 0 Å². The summed E-state index contributed by atoms with van der Waals surface area (Å²) >= 11 is 0. The van der Waals surface area contributed by atoms with Crippen LogP contribution in [-0.2, 0) is 11.3 Å². The van der Waals surface area contributed by atoms with Gasteiger partial charge in [-0.15, -0.1) is 0 Å². The van der Waals surface area contributed by atoms with Gasteiger partial charge in [-0.25, -0.2) is 9.67 Å². The van der Waals surface area contributed by atoms with Gasteiger partial charge in [0, 0.05) is 25.3 Å². The summed E-state index contributed by atoms with van der Waals surface area (Å²) in [5.74, 6) is -0.0612. The van der Waals surface area contributed by atoms with Crippen molar-refractivity contribution in [2.45, 2.75) is 57.7 Å². The monoisotopic (exact) mass is 341 g/mol. The number of carbonyl (C=O) groups excluding carboxylic acids is 1. The molecule has 1 fully saturated rings. The van der Waals surface area contributed by atoms with E-state index < -0.39 is 0 Å². The minimum Gasteiger partial charge on any atom is -0.372 e. The maximum absolute atomic E-state index is 12.2. The highest BCUT2D eigenvalue weighted by atomic mass is 16.2. The van der Waals surface area contributed by atoms with Crippen LogP contribution in [0.2, 0.25) is 0 Å². The van der Waals surface area contributed by atoms with Gasteiger partial charge in [-0.2, -0.15) is 5.10 Å². The molecule has 1 aliphatic carbocycles. The van der Waals surface area contributed by atoms with Gasteiger partial charge in [0.15, 0.2) is 0 Å². The Morgan fingerprint density at radius 3 is 2.64 bits per heavy atom. The zero-order chi connectivity index (χ0) is 17.6. The van der Waals surface area contributed by atoms with Gasteiger partial charge in [-0.05, 0) is 37.5 Å². The van der Waals surface area contributed by atoms with Crippen LogP contribution in [0.25, 0.3) is 0 Å². The second-order valence-electron chi connectivity index (χ2n) is 6.84. The van der Waals surface area contributed by atoms with Crippen LogP contribution in [-0.4, -0.2) is 33.8 Å². The standard InChI is InChI=1S/C19H27N5O/c1-15(24-14-20-13-22-24)19(25)21-12-16-8-10-18(11-9-16)23(2)17-6-4-3-5-7-17/h8-11,13-15,17H,3-7,12H2,1-2H3,(H,21,25)/t15-/m0/s1. The van der Waals surface area contributed by atoms with Crippen molar-refractivity contribution in [3.8, 4) is 0 Å². The first kappa shape index (κ1) is 17.5. The van der Waals surface area contributed by atoms with E-state index in [-0.39, 0.29) is 11.9 Å². The van der Waals surface area contributed by atoms with Gasteiger partial charge in [-0.3, -0.25) is 4.79 Å². The van der Waals surface area contributed by atoms with Gasteiger partial charge >= 0.3 is 0 Å². The van der Waals surface area contributed by atoms with Gasteiger partial charge in [0.1, 0.15) is 18.7 Å². The topological polar surface area (TPSA) is 63.1 Å². The van der Waals surface area contributed by atoms with Gasteiger partial charge in [-0.1, -0.05) is 31.4 Å². The fourth-order valence-electron chi connectivity index (χ4n) is 3.40. The molecule has 3 rings (SSSR count). The molecule has 0 spiro atoms. The fraction of sp³-hybridized carbons (Fsp3) is 0.526. The first-order chi connectivity index (χ1) is 12.1. The fourth-order valence-corrected chi connectivity index (χ4v) is 3.40. The van der Waals surface area contributed by atoms with E-state index in [0.29, 0.717) is 12.6 Å². The molecular formula is C19H27N5O. The number of aromatic nitrogens is 3. The normalized spacial score (nSPS) is 16.4. The lowest BCUT2D eigenvalue weighted by Gasteiger charge is -2.33. The van der Waals surface area contributed by atoms with Crippen molar-refractivity contribution < 1.29 is 4.79 Å². The van der Waals surface area contributed by atoms with Crippen molar-refractivity contribution >= 4 is 11.6 Å². The number of carbonyl (C=O) groups is 1. The highest BCUT2D eigenvalue weighted by Gasteiger charge is 2.18. The Labute approximate surface area is 149 Å². The summed E-state index contributed by atoms with van der Waals surface area (Å²) in [6.45, 7) is 2.33. The van der Waals surface area contributed by atoms with Crippen molar-refractivity contribution in [2.75, 3.05) is 11.9 Å². The molecule has 2 aromatic rings. The molecule has 1 amide bonds. The SMILES string of the molecule is C[C@@H](C(=O)NCc1ccc(N(C)C2CCCCC2)cc1)n1cncn1. The quantitative estimate of drug-likeness (QED) is 0.877. The molecule has 6 nitrogen and oxygen atoms in total.